The van der Waals surface area contributed by atoms with E-state index in [1.165, 1.54) is 0 Å². The van der Waals surface area contributed by atoms with Crippen LogP contribution in [-0.4, -0.2) is 30.5 Å². The Hall–Kier alpha value is -0.810. The van der Waals surface area contributed by atoms with Crippen LogP contribution >= 0.6 is 23.2 Å². The van der Waals surface area contributed by atoms with Gasteiger partial charge in [0.05, 0.1) is 13.1 Å². The first-order valence-electron chi connectivity index (χ1n) is 5.95. The van der Waals surface area contributed by atoms with Crippen LogP contribution in [0.5, 0.6) is 0 Å². The van der Waals surface area contributed by atoms with E-state index in [2.05, 4.69) is 20.7 Å². The minimum Gasteiger partial charge on any atom is -0.371 e. The number of hydrogen-bond donors (Lipinski definition) is 2. The van der Waals surface area contributed by atoms with Crippen molar-refractivity contribution in [3.05, 3.63) is 33.3 Å². The number of amidine groups is 1. The Balaban J connectivity index is 1.65. The van der Waals surface area contributed by atoms with Crippen molar-refractivity contribution in [1.29, 1.82) is 0 Å². The summed E-state index contributed by atoms with van der Waals surface area (Å²) in [5, 5.41) is 6.92. The van der Waals surface area contributed by atoms with Crippen LogP contribution in [-0.2, 0) is 13.1 Å². The topological polar surface area (TPSA) is 39.7 Å². The smallest absolute Gasteiger partial charge is 0.112 e. The van der Waals surface area contributed by atoms with Gasteiger partial charge in [0.25, 0.3) is 0 Å². The van der Waals surface area contributed by atoms with Crippen molar-refractivity contribution in [2.75, 3.05) is 19.6 Å². The normalized spacial score (nSPS) is 18.7. The van der Waals surface area contributed by atoms with E-state index in [9.17, 15) is 0 Å². The molecule has 2 aliphatic heterocycles. The number of hydrazine groups is 1. The molecule has 0 saturated heterocycles. The van der Waals surface area contributed by atoms with Gasteiger partial charge in [0.15, 0.2) is 0 Å². The molecule has 0 atom stereocenters. The summed E-state index contributed by atoms with van der Waals surface area (Å²) < 4.78 is 0. The number of aliphatic imine (C=N–C) groups is 1. The Morgan fingerprint density at radius 2 is 1.89 bits per heavy atom. The first-order valence-corrected chi connectivity index (χ1v) is 6.71. The molecular formula is C12H14Cl2N4. The molecule has 0 fully saturated rings. The molecule has 0 unspecified atom stereocenters. The summed E-state index contributed by atoms with van der Waals surface area (Å²) in [5.74, 6) is 1.02. The van der Waals surface area contributed by atoms with E-state index in [1.54, 1.807) is 0 Å². The Kier molecular flexibility index (Phi) is 3.43. The lowest BCUT2D eigenvalue weighted by molar-refractivity contribution is 0.203. The Morgan fingerprint density at radius 3 is 2.44 bits per heavy atom. The molecule has 0 radical (unpaired) electrons. The van der Waals surface area contributed by atoms with Gasteiger partial charge in [-0.1, -0.05) is 23.2 Å². The van der Waals surface area contributed by atoms with Gasteiger partial charge in [-0.15, -0.1) is 0 Å². The van der Waals surface area contributed by atoms with Gasteiger partial charge < -0.3 is 5.32 Å². The fraction of sp³-hybridized carbons (Fsp3) is 0.417. The molecule has 18 heavy (non-hydrogen) atoms. The predicted octanol–water partition coefficient (Wildman–Crippen LogP) is 1.82. The van der Waals surface area contributed by atoms with Crippen molar-refractivity contribution in [3.8, 4) is 0 Å². The lowest BCUT2D eigenvalue weighted by atomic mass is 10.1. The molecule has 96 valence electrons. The van der Waals surface area contributed by atoms with Crippen LogP contribution in [0, 0.1) is 0 Å². The zero-order chi connectivity index (χ0) is 12.5. The SMILES string of the molecule is Clc1ccc(Cl)c2c1CN(NCC1=NCCN1)C2. The zero-order valence-corrected chi connectivity index (χ0v) is 11.4. The van der Waals surface area contributed by atoms with Crippen LogP contribution in [0.15, 0.2) is 17.1 Å². The van der Waals surface area contributed by atoms with E-state index >= 15 is 0 Å². The molecule has 0 amide bonds. The lowest BCUT2D eigenvalue weighted by Crippen LogP contribution is -2.40. The minimum absolute atomic E-state index is 0.725. The van der Waals surface area contributed by atoms with Gasteiger partial charge in [0.1, 0.15) is 5.84 Å². The maximum atomic E-state index is 6.19. The molecule has 6 heteroatoms. The van der Waals surface area contributed by atoms with E-state index in [0.29, 0.717) is 0 Å². The van der Waals surface area contributed by atoms with E-state index in [4.69, 9.17) is 23.2 Å². The molecule has 0 spiro atoms. The predicted molar refractivity (Wildman–Crippen MR) is 74.0 cm³/mol. The van der Waals surface area contributed by atoms with Crippen LogP contribution in [0.1, 0.15) is 11.1 Å². The second kappa shape index (κ2) is 5.05. The fourth-order valence-electron chi connectivity index (χ4n) is 2.28. The van der Waals surface area contributed by atoms with Gasteiger partial charge in [-0.2, -0.15) is 0 Å². The average molecular weight is 285 g/mol. The summed E-state index contributed by atoms with van der Waals surface area (Å²) in [6, 6.07) is 3.71. The van der Waals surface area contributed by atoms with E-state index < -0.39 is 0 Å². The minimum atomic E-state index is 0.725. The number of hydrogen-bond acceptors (Lipinski definition) is 4. The van der Waals surface area contributed by atoms with Crippen LogP contribution in [0.3, 0.4) is 0 Å². The standard InChI is InChI=1S/C12H14Cl2N4/c13-10-1-2-11(14)9-7-18(6-8(9)10)17-5-12-15-3-4-16-12/h1-2,17H,3-7H2,(H,15,16). The number of rotatable bonds is 3. The van der Waals surface area contributed by atoms with Gasteiger partial charge in [0, 0.05) is 29.7 Å². The van der Waals surface area contributed by atoms with Gasteiger partial charge in [0.2, 0.25) is 0 Å². The van der Waals surface area contributed by atoms with Gasteiger partial charge in [-0.05, 0) is 23.3 Å². The molecule has 0 saturated carbocycles. The molecule has 4 nitrogen and oxygen atoms in total. The van der Waals surface area contributed by atoms with Gasteiger partial charge in [-0.25, -0.2) is 10.4 Å². The van der Waals surface area contributed by atoms with Crippen LogP contribution in [0.2, 0.25) is 10.0 Å². The van der Waals surface area contributed by atoms with E-state index in [0.717, 1.165) is 59.7 Å². The lowest BCUT2D eigenvalue weighted by Gasteiger charge is -2.16. The summed E-state index contributed by atoms with van der Waals surface area (Å²) >= 11 is 12.4. The fourth-order valence-corrected chi connectivity index (χ4v) is 2.75. The first kappa shape index (κ1) is 12.2. The molecule has 2 heterocycles. The summed E-state index contributed by atoms with van der Waals surface area (Å²) in [4.78, 5) is 4.35. The highest BCUT2D eigenvalue weighted by Crippen LogP contribution is 2.33. The van der Waals surface area contributed by atoms with Crippen molar-refractivity contribution in [2.24, 2.45) is 4.99 Å². The van der Waals surface area contributed by atoms with Crippen molar-refractivity contribution in [1.82, 2.24) is 15.8 Å². The second-order valence-corrected chi connectivity index (χ2v) is 5.25. The maximum absolute atomic E-state index is 6.19. The Bertz CT molecular complexity index is 470. The highest BCUT2D eigenvalue weighted by molar-refractivity contribution is 6.34. The van der Waals surface area contributed by atoms with Crippen molar-refractivity contribution < 1.29 is 0 Å². The summed E-state index contributed by atoms with van der Waals surface area (Å²) in [7, 11) is 0. The molecule has 0 aromatic heterocycles. The molecular weight excluding hydrogens is 271 g/mol. The number of fused-ring (bicyclic) bond motifs is 1. The summed E-state index contributed by atoms with van der Waals surface area (Å²) in [6.07, 6.45) is 0. The van der Waals surface area contributed by atoms with Gasteiger partial charge >= 0.3 is 0 Å². The molecule has 1 aromatic carbocycles. The van der Waals surface area contributed by atoms with Crippen LogP contribution < -0.4 is 10.7 Å². The van der Waals surface area contributed by atoms with Crippen LogP contribution in [0.4, 0.5) is 0 Å². The third-order valence-corrected chi connectivity index (χ3v) is 3.94. The Labute approximate surface area is 116 Å². The zero-order valence-electron chi connectivity index (χ0n) is 9.84. The van der Waals surface area contributed by atoms with Gasteiger partial charge in [-0.3, -0.25) is 4.99 Å². The first-order chi connectivity index (χ1) is 8.74. The highest BCUT2D eigenvalue weighted by Gasteiger charge is 2.23. The molecule has 1 aromatic rings. The molecule has 2 N–H and O–H groups in total. The number of nitrogens with zero attached hydrogens (tertiary/aromatic N) is 2. The van der Waals surface area contributed by atoms with E-state index in [1.807, 2.05) is 12.1 Å². The molecule has 3 rings (SSSR count). The van der Waals surface area contributed by atoms with Crippen molar-refractivity contribution >= 4 is 29.0 Å². The Morgan fingerprint density at radius 1 is 1.22 bits per heavy atom. The third kappa shape index (κ3) is 2.34. The summed E-state index contributed by atoms with van der Waals surface area (Å²) in [5.41, 5.74) is 5.59. The summed E-state index contributed by atoms with van der Waals surface area (Å²) in [6.45, 7) is 4.09. The highest BCUT2D eigenvalue weighted by atomic mass is 35.5. The number of benzene rings is 1. The molecule has 0 bridgehead atoms. The van der Waals surface area contributed by atoms with Crippen LogP contribution in [0.25, 0.3) is 0 Å². The van der Waals surface area contributed by atoms with Crippen molar-refractivity contribution in [3.63, 3.8) is 0 Å². The quantitative estimate of drug-likeness (QED) is 0.890. The van der Waals surface area contributed by atoms with E-state index in [-0.39, 0.29) is 0 Å². The monoisotopic (exact) mass is 284 g/mol. The largest absolute Gasteiger partial charge is 0.371 e. The maximum Gasteiger partial charge on any atom is 0.112 e. The number of nitrogens with one attached hydrogen (secondary N) is 2. The molecule has 2 aliphatic rings. The number of halogens is 2. The van der Waals surface area contributed by atoms with Crippen molar-refractivity contribution in [2.45, 2.75) is 13.1 Å². The third-order valence-electron chi connectivity index (χ3n) is 3.23. The molecule has 0 aliphatic carbocycles. The average Bonchev–Trinajstić information content (AvgIpc) is 3.00. The second-order valence-electron chi connectivity index (χ2n) is 4.43.